The van der Waals surface area contributed by atoms with Crippen LogP contribution in [0.4, 0.5) is 11.5 Å². The van der Waals surface area contributed by atoms with E-state index in [0.717, 1.165) is 29.0 Å². The van der Waals surface area contributed by atoms with E-state index in [1.807, 2.05) is 43.3 Å². The molecule has 29 heavy (non-hydrogen) atoms. The fraction of sp³-hybridized carbons (Fsp3) is 0.217. The van der Waals surface area contributed by atoms with Crippen molar-refractivity contribution in [1.29, 1.82) is 0 Å². The minimum Gasteiger partial charge on any atom is -0.457 e. The van der Waals surface area contributed by atoms with Crippen LogP contribution in [0.2, 0.25) is 0 Å². The highest BCUT2D eigenvalue weighted by Crippen LogP contribution is 2.27. The van der Waals surface area contributed by atoms with Gasteiger partial charge in [0.15, 0.2) is 0 Å². The molecule has 3 rings (SSSR count). The largest absolute Gasteiger partial charge is 0.457 e. The van der Waals surface area contributed by atoms with Crippen LogP contribution in [0.15, 0.2) is 54.6 Å². The second-order valence-electron chi connectivity index (χ2n) is 6.66. The Labute approximate surface area is 170 Å². The number of aromatic nitrogens is 1. The average molecular weight is 391 g/mol. The monoisotopic (exact) mass is 391 g/mol. The van der Waals surface area contributed by atoms with E-state index in [1.165, 1.54) is 0 Å². The molecule has 0 spiro atoms. The third kappa shape index (κ3) is 4.92. The van der Waals surface area contributed by atoms with Crippen LogP contribution in [0.3, 0.4) is 0 Å². The number of anilines is 2. The number of methoxy groups -OCH3 is 1. The zero-order chi connectivity index (χ0) is 20.8. The fourth-order valence-corrected chi connectivity index (χ4v) is 2.96. The van der Waals surface area contributed by atoms with Crippen molar-refractivity contribution >= 4 is 17.4 Å². The molecular formula is C23H25N3O3. The van der Waals surface area contributed by atoms with E-state index in [1.54, 1.807) is 25.3 Å². The summed E-state index contributed by atoms with van der Waals surface area (Å²) in [6.07, 6.45) is 0.891. The van der Waals surface area contributed by atoms with E-state index in [0.29, 0.717) is 23.6 Å². The summed E-state index contributed by atoms with van der Waals surface area (Å²) in [7, 11) is 1.59. The number of hydrogen-bond acceptors (Lipinski definition) is 5. The quantitative estimate of drug-likeness (QED) is 0.608. The van der Waals surface area contributed by atoms with Crippen molar-refractivity contribution in [3.05, 3.63) is 77.0 Å². The Morgan fingerprint density at radius 3 is 2.55 bits per heavy atom. The average Bonchev–Trinajstić information content (AvgIpc) is 2.72. The molecule has 1 heterocycles. The van der Waals surface area contributed by atoms with Gasteiger partial charge in [0.05, 0.1) is 17.9 Å². The number of nitrogens with zero attached hydrogens (tertiary/aromatic N) is 1. The normalized spacial score (nSPS) is 10.6. The van der Waals surface area contributed by atoms with Gasteiger partial charge in [0.2, 0.25) is 0 Å². The van der Waals surface area contributed by atoms with Gasteiger partial charge in [-0.2, -0.15) is 0 Å². The van der Waals surface area contributed by atoms with Crippen LogP contribution in [0.5, 0.6) is 11.5 Å². The van der Waals surface area contributed by atoms with Gasteiger partial charge < -0.3 is 20.5 Å². The maximum Gasteiger partial charge on any atom is 0.259 e. The number of pyridine rings is 1. The van der Waals surface area contributed by atoms with Gasteiger partial charge in [-0.15, -0.1) is 0 Å². The van der Waals surface area contributed by atoms with Gasteiger partial charge in [-0.05, 0) is 60.9 Å². The lowest BCUT2D eigenvalue weighted by molar-refractivity contribution is 0.102. The zero-order valence-corrected chi connectivity index (χ0v) is 16.9. The summed E-state index contributed by atoms with van der Waals surface area (Å²) < 4.78 is 11.1. The highest BCUT2D eigenvalue weighted by Gasteiger charge is 2.14. The molecule has 0 aliphatic carbocycles. The summed E-state index contributed by atoms with van der Waals surface area (Å²) in [6.45, 7) is 4.31. The number of benzene rings is 2. The SMILES string of the molecule is CCc1ccccc1Oc1ccc(NC(=O)c2cc(C)c(COC)nc2N)cc1. The predicted molar refractivity (Wildman–Crippen MR) is 114 cm³/mol. The maximum absolute atomic E-state index is 12.6. The third-order valence-electron chi connectivity index (χ3n) is 4.57. The van der Waals surface area contributed by atoms with Gasteiger partial charge in [0.1, 0.15) is 17.3 Å². The van der Waals surface area contributed by atoms with Crippen molar-refractivity contribution in [2.24, 2.45) is 0 Å². The minimum atomic E-state index is -0.313. The molecule has 3 aromatic rings. The van der Waals surface area contributed by atoms with Gasteiger partial charge in [0, 0.05) is 12.8 Å². The number of para-hydroxylation sites is 1. The van der Waals surface area contributed by atoms with E-state index in [9.17, 15) is 4.79 Å². The molecule has 0 atom stereocenters. The Balaban J connectivity index is 1.71. The highest BCUT2D eigenvalue weighted by atomic mass is 16.5. The van der Waals surface area contributed by atoms with Crippen molar-refractivity contribution in [2.75, 3.05) is 18.2 Å². The Hall–Kier alpha value is -3.38. The van der Waals surface area contributed by atoms with Gasteiger partial charge in [-0.1, -0.05) is 25.1 Å². The summed E-state index contributed by atoms with van der Waals surface area (Å²) in [4.78, 5) is 16.9. The van der Waals surface area contributed by atoms with E-state index in [4.69, 9.17) is 15.2 Å². The van der Waals surface area contributed by atoms with Crippen molar-refractivity contribution in [1.82, 2.24) is 4.98 Å². The molecule has 0 unspecified atom stereocenters. The predicted octanol–water partition coefficient (Wildman–Crippen LogP) is 4.73. The summed E-state index contributed by atoms with van der Waals surface area (Å²) in [5.41, 5.74) is 9.65. The molecule has 0 aliphatic heterocycles. The van der Waals surface area contributed by atoms with Crippen LogP contribution >= 0.6 is 0 Å². The third-order valence-corrected chi connectivity index (χ3v) is 4.57. The van der Waals surface area contributed by atoms with Gasteiger partial charge in [-0.3, -0.25) is 4.79 Å². The van der Waals surface area contributed by atoms with E-state index in [-0.39, 0.29) is 11.7 Å². The number of nitrogens with two attached hydrogens (primary N) is 1. The van der Waals surface area contributed by atoms with E-state index < -0.39 is 0 Å². The molecule has 3 N–H and O–H groups in total. The van der Waals surface area contributed by atoms with Crippen LogP contribution in [-0.2, 0) is 17.8 Å². The van der Waals surface area contributed by atoms with Gasteiger partial charge >= 0.3 is 0 Å². The second kappa shape index (κ2) is 9.21. The van der Waals surface area contributed by atoms with Crippen LogP contribution in [0, 0.1) is 6.92 Å². The smallest absolute Gasteiger partial charge is 0.259 e. The number of aryl methyl sites for hydroxylation is 2. The molecule has 0 fully saturated rings. The number of ether oxygens (including phenoxy) is 2. The van der Waals surface area contributed by atoms with Gasteiger partial charge in [0.25, 0.3) is 5.91 Å². The lowest BCUT2D eigenvalue weighted by atomic mass is 10.1. The lowest BCUT2D eigenvalue weighted by Gasteiger charge is -2.12. The highest BCUT2D eigenvalue weighted by molar-refractivity contribution is 6.07. The first kappa shape index (κ1) is 20.4. The number of nitrogen functional groups attached to an aromatic ring is 1. The Morgan fingerprint density at radius 2 is 1.86 bits per heavy atom. The summed E-state index contributed by atoms with van der Waals surface area (Å²) in [5.74, 6) is 1.39. The molecule has 2 aromatic carbocycles. The molecule has 6 nitrogen and oxygen atoms in total. The van der Waals surface area contributed by atoms with Crippen molar-refractivity contribution < 1.29 is 14.3 Å². The van der Waals surface area contributed by atoms with Crippen LogP contribution < -0.4 is 15.8 Å². The van der Waals surface area contributed by atoms with Crippen LogP contribution in [0.25, 0.3) is 0 Å². The molecule has 0 saturated heterocycles. The molecule has 0 radical (unpaired) electrons. The minimum absolute atomic E-state index is 0.177. The van der Waals surface area contributed by atoms with Gasteiger partial charge in [-0.25, -0.2) is 4.98 Å². The molecule has 1 amide bonds. The van der Waals surface area contributed by atoms with E-state index >= 15 is 0 Å². The topological polar surface area (TPSA) is 86.5 Å². The Bertz CT molecular complexity index is 1000. The number of nitrogens with one attached hydrogen (secondary N) is 1. The number of carbonyl (C=O) groups excluding carboxylic acids is 1. The molecule has 1 aromatic heterocycles. The number of carbonyl (C=O) groups is 1. The maximum atomic E-state index is 12.6. The first-order valence-corrected chi connectivity index (χ1v) is 9.44. The molecule has 6 heteroatoms. The molecule has 0 aliphatic rings. The van der Waals surface area contributed by atoms with E-state index in [2.05, 4.69) is 17.2 Å². The Morgan fingerprint density at radius 1 is 1.14 bits per heavy atom. The first-order chi connectivity index (χ1) is 14.0. The lowest BCUT2D eigenvalue weighted by Crippen LogP contribution is -2.16. The van der Waals surface area contributed by atoms with Crippen LogP contribution in [0.1, 0.15) is 34.1 Å². The first-order valence-electron chi connectivity index (χ1n) is 9.44. The zero-order valence-electron chi connectivity index (χ0n) is 16.9. The molecule has 150 valence electrons. The molecule has 0 saturated carbocycles. The summed E-state index contributed by atoms with van der Waals surface area (Å²) in [5, 5.41) is 2.85. The van der Waals surface area contributed by atoms with Crippen molar-refractivity contribution in [3.8, 4) is 11.5 Å². The molecule has 0 bridgehead atoms. The van der Waals surface area contributed by atoms with Crippen LogP contribution in [-0.4, -0.2) is 18.0 Å². The summed E-state index contributed by atoms with van der Waals surface area (Å²) in [6, 6.07) is 16.9. The van der Waals surface area contributed by atoms with Crippen molar-refractivity contribution in [2.45, 2.75) is 26.9 Å². The number of rotatable bonds is 7. The fourth-order valence-electron chi connectivity index (χ4n) is 2.96. The molecular weight excluding hydrogens is 366 g/mol. The number of amides is 1. The second-order valence-corrected chi connectivity index (χ2v) is 6.66. The summed E-state index contributed by atoms with van der Waals surface area (Å²) >= 11 is 0. The number of hydrogen-bond donors (Lipinski definition) is 2. The Kier molecular flexibility index (Phi) is 6.46. The van der Waals surface area contributed by atoms with Crippen molar-refractivity contribution in [3.63, 3.8) is 0 Å². The standard InChI is InChI=1S/C23H25N3O3/c1-4-16-7-5-6-8-21(16)29-18-11-9-17(10-12-18)25-23(27)19-13-15(2)20(14-28-3)26-22(19)24/h5-13H,4,14H2,1-3H3,(H2,24,26)(H,25,27).